The summed E-state index contributed by atoms with van der Waals surface area (Å²) in [4.78, 5) is 93.6. The largest absolute Gasteiger partial charge is 0.494 e. The van der Waals surface area contributed by atoms with Crippen LogP contribution in [-0.4, -0.2) is 109 Å². The zero-order valence-corrected chi connectivity index (χ0v) is 74.0. The molecule has 3 aliphatic heterocycles. The predicted molar refractivity (Wildman–Crippen MR) is 437 cm³/mol. The van der Waals surface area contributed by atoms with Crippen LogP contribution in [0.4, 0.5) is 64.3 Å². The van der Waals surface area contributed by atoms with E-state index < -0.39 is 106 Å². The van der Waals surface area contributed by atoms with E-state index >= 15 is 0 Å². The van der Waals surface area contributed by atoms with Crippen LogP contribution in [0.25, 0.3) is 11.1 Å². The molecule has 4 aromatic carbocycles. The lowest BCUT2D eigenvalue weighted by Gasteiger charge is -2.32. The summed E-state index contributed by atoms with van der Waals surface area (Å²) >= 11 is 11.8. The van der Waals surface area contributed by atoms with Gasteiger partial charge in [0.25, 0.3) is 11.8 Å². The number of nitrogens with two attached hydrogens (primary N) is 1. The number of fused-ring (bicyclic) bond motifs is 2. The van der Waals surface area contributed by atoms with E-state index in [9.17, 15) is 81.5 Å². The van der Waals surface area contributed by atoms with Crippen molar-refractivity contribution < 1.29 is 114 Å². The Hall–Kier alpha value is -10.7. The molecule has 0 saturated carbocycles. The molecule has 6 N–H and O–H groups in total. The molecular weight excluding hydrogens is 1820 g/mol. The van der Waals surface area contributed by atoms with Crippen LogP contribution in [0.2, 0.25) is 5.02 Å². The van der Waals surface area contributed by atoms with Gasteiger partial charge in [0.2, 0.25) is 23.4 Å². The number of alkyl halides is 12. The van der Waals surface area contributed by atoms with Gasteiger partial charge in [-0.1, -0.05) is 184 Å². The Labute approximate surface area is 730 Å². The molecule has 0 radical (unpaired) electrons. The molecule has 43 heteroatoms. The van der Waals surface area contributed by atoms with Crippen LogP contribution >= 0.6 is 43.5 Å². The number of Topliss-reactive ketones (excluding diaryl/α,β-unsaturated/α-hetero) is 2. The number of ketones is 2. The molecule has 125 heavy (non-hydrogen) atoms. The molecule has 9 heterocycles. The van der Waals surface area contributed by atoms with Gasteiger partial charge < -0.3 is 54.2 Å². The third-order valence-corrected chi connectivity index (χ3v) is 20.2. The van der Waals surface area contributed by atoms with Gasteiger partial charge in [0.1, 0.15) is 11.6 Å². The van der Waals surface area contributed by atoms with Crippen molar-refractivity contribution in [2.24, 2.45) is 5.73 Å². The van der Waals surface area contributed by atoms with Crippen LogP contribution in [0.3, 0.4) is 0 Å². The van der Waals surface area contributed by atoms with E-state index in [2.05, 4.69) is 103 Å². The Morgan fingerprint density at radius 2 is 0.864 bits per heavy atom. The van der Waals surface area contributed by atoms with Crippen molar-refractivity contribution in [2.45, 2.75) is 220 Å². The number of carbonyl (C=O) groups excluding carboxylic acids is 5. The van der Waals surface area contributed by atoms with E-state index in [0.29, 0.717) is 72.0 Å². The lowest BCUT2D eigenvalue weighted by molar-refractivity contribution is -0.139. The number of hydrogen-bond acceptors (Lipinski definition) is 23. The summed E-state index contributed by atoms with van der Waals surface area (Å²) in [5, 5.41) is 31.5. The van der Waals surface area contributed by atoms with E-state index in [1.165, 1.54) is 48.7 Å². The van der Waals surface area contributed by atoms with E-state index in [1.54, 1.807) is 24.4 Å². The average molecular weight is 1910 g/mol. The fourth-order valence-electron chi connectivity index (χ4n) is 11.3. The number of anilines is 2. The molecule has 3 amide bonds. The van der Waals surface area contributed by atoms with Crippen molar-refractivity contribution in [3.8, 4) is 11.1 Å². The molecular formula is C82H86BBr2ClF12N14O13. The lowest BCUT2D eigenvalue weighted by atomic mass is 9.77. The second-order valence-electron chi connectivity index (χ2n) is 33.5. The number of carbonyl (C=O) groups is 6. The van der Waals surface area contributed by atoms with Crippen molar-refractivity contribution >= 4 is 103 Å². The van der Waals surface area contributed by atoms with E-state index in [-0.39, 0.29) is 113 Å². The van der Waals surface area contributed by atoms with Crippen LogP contribution in [-0.2, 0) is 104 Å². The molecule has 0 atom stereocenters. The maximum absolute atomic E-state index is 13.8. The van der Waals surface area contributed by atoms with Crippen molar-refractivity contribution in [3.63, 3.8) is 0 Å². The first-order chi connectivity index (χ1) is 57.6. The van der Waals surface area contributed by atoms with Crippen LogP contribution < -0.4 is 27.1 Å². The van der Waals surface area contributed by atoms with Gasteiger partial charge in [-0.3, -0.25) is 24.0 Å². The summed E-state index contributed by atoms with van der Waals surface area (Å²) in [6.45, 7) is 29.2. The Balaban J connectivity index is 0.000000195. The van der Waals surface area contributed by atoms with Crippen LogP contribution in [0, 0.1) is 0 Å². The molecule has 0 aliphatic carbocycles. The summed E-state index contributed by atoms with van der Waals surface area (Å²) in [6.07, 6.45) is -15.2. The Kier molecular flexibility index (Phi) is 31.2. The third-order valence-electron chi connectivity index (χ3n) is 18.8. The van der Waals surface area contributed by atoms with Crippen molar-refractivity contribution in [3.05, 3.63) is 214 Å². The number of amides is 3. The molecule has 0 unspecified atom stereocenters. The normalized spacial score (nSPS) is 14.3. The SMILES string of the molecule is CC(C)(C)c1noc(C(=O)CCc2ccc(B3OC(C)(C)C(C)(C)O3)cc2C(F)(F)F)n1.CC(C)(C)c1noc(C(=O)CCc2ccc(Br)cc2C(F)(F)F)n1.CC(C)(C)c1noc(C(=O)NCc2ccc(-c3ccnc4c3CC(=O)N4)cc2C(F)(F)F)n1.CC(C)(C)c1noc(C(=O)O)n1.NCc1ccc(Br)cc1C(F)(F)F.O=C1Cc2c(Cl)ccnc2N1. The maximum Gasteiger partial charge on any atom is 0.494 e. The number of aromatic nitrogens is 10. The van der Waals surface area contributed by atoms with Gasteiger partial charge in [0.15, 0.2) is 23.3 Å². The first kappa shape index (κ1) is 99.7. The summed E-state index contributed by atoms with van der Waals surface area (Å²) in [5.74, 6) is -1.91. The number of halogens is 15. The Bertz CT molecular complexity index is 5570. The van der Waals surface area contributed by atoms with Crippen molar-refractivity contribution in [1.29, 1.82) is 0 Å². The van der Waals surface area contributed by atoms with Crippen molar-refractivity contribution in [2.75, 3.05) is 10.6 Å². The van der Waals surface area contributed by atoms with E-state index in [4.69, 9.17) is 45.3 Å². The minimum absolute atomic E-state index is 0.00155. The molecule has 10 aromatic rings. The summed E-state index contributed by atoms with van der Waals surface area (Å²) < 4.78 is 191. The molecule has 1 fully saturated rings. The molecule has 6 aromatic heterocycles. The molecule has 1 saturated heterocycles. The van der Waals surface area contributed by atoms with Gasteiger partial charge in [-0.2, -0.15) is 72.6 Å². The number of nitrogens with zero attached hydrogens (tertiary/aromatic N) is 10. The fourth-order valence-corrected chi connectivity index (χ4v) is 12.3. The molecule has 3 aliphatic rings. The zero-order valence-electron chi connectivity index (χ0n) is 70.0. The molecule has 27 nitrogen and oxygen atoms in total. The smallest absolute Gasteiger partial charge is 0.474 e. The minimum atomic E-state index is -4.66. The van der Waals surface area contributed by atoms with Gasteiger partial charge >= 0.3 is 55.5 Å². The van der Waals surface area contributed by atoms with Crippen molar-refractivity contribution in [1.82, 2.24) is 55.8 Å². The quantitative estimate of drug-likeness (QED) is 0.0361. The topological polar surface area (TPSA) is 385 Å². The number of aromatic carboxylic acids is 1. The number of pyridine rings is 2. The van der Waals surface area contributed by atoms with Gasteiger partial charge in [0.05, 0.1) is 46.3 Å². The first-order valence-electron chi connectivity index (χ1n) is 37.9. The number of rotatable bonds is 15. The number of nitrogens with one attached hydrogen (secondary N) is 3. The number of hydrogen-bond donors (Lipinski definition) is 5. The highest BCUT2D eigenvalue weighted by molar-refractivity contribution is 9.10. The molecule has 0 spiro atoms. The first-order valence-corrected chi connectivity index (χ1v) is 39.9. The summed E-state index contributed by atoms with van der Waals surface area (Å²) in [5.41, 5.74) is 1.60. The lowest BCUT2D eigenvalue weighted by Crippen LogP contribution is -2.41. The summed E-state index contributed by atoms with van der Waals surface area (Å²) in [7, 11) is -0.911. The fraction of sp³-hybridized carbons (Fsp3) is 0.415. The van der Waals surface area contributed by atoms with E-state index in [1.807, 2.05) is 111 Å². The standard InChI is InChI=1S/C22H28BF3N2O4.C22H20F3N5O3.C16H16BrF3N2O2.C8H7BrF3N.C7H5ClN2O.C7H10N2O3/c1-19(2,3)18-27-17(30-28-18)16(29)11-9-13-8-10-14(12-15(13)22(24,25)26)23-31-20(4,5)21(6,7)32-23;1-21(2,3)20-29-19(33-30-20)18(32)27-10-12-5-4-11(8-15(12)22(23,24)25)13-6-7-26-17-14(13)9-16(31)28-17;1-15(2,3)14-21-13(24-22-14)12(23)7-5-9-4-6-10(17)8-11(9)16(18,19)20;9-6-2-1-5(4-13)7(3-6)8(10,11)12;8-5-1-2-9-7-4(5)3-6(11)10-7;1-7(2,3)6-8-4(5(10)11)12-9-6/h8,10,12H,9,11H2,1-7H3;4-8H,9-10H2,1-3H3,(H,27,32)(H,26,28,31);4,6,8H,5,7H2,1-3H3;1-3H,4,13H2;1-2H,3H2,(H,9,10,11);1-3H3,(H,10,11). The molecule has 0 bridgehead atoms. The molecule has 670 valence electrons. The van der Waals surface area contributed by atoms with Gasteiger partial charge in [-0.25, -0.2) is 14.8 Å². The number of benzene rings is 4. The van der Waals surface area contributed by atoms with Gasteiger partial charge in [-0.15, -0.1) is 0 Å². The second-order valence-corrected chi connectivity index (χ2v) is 35.7. The highest BCUT2D eigenvalue weighted by Gasteiger charge is 2.52. The monoisotopic (exact) mass is 1910 g/mol. The zero-order chi connectivity index (χ0) is 93.5. The maximum atomic E-state index is 13.8. The third kappa shape index (κ3) is 26.7. The van der Waals surface area contributed by atoms with Crippen LogP contribution in [0.1, 0.15) is 245 Å². The highest BCUT2D eigenvalue weighted by Crippen LogP contribution is 2.42. The summed E-state index contributed by atoms with van der Waals surface area (Å²) in [6, 6.07) is 18.8. The average Bonchev–Trinajstić information content (AvgIpc) is 1.65. The van der Waals surface area contributed by atoms with Crippen LogP contribution in [0.5, 0.6) is 0 Å². The van der Waals surface area contributed by atoms with Gasteiger partial charge in [-0.05, 0) is 128 Å². The Morgan fingerprint density at radius 1 is 0.496 bits per heavy atom. The number of carboxylic acid groups (broad SMARTS) is 1. The Morgan fingerprint density at radius 3 is 1.28 bits per heavy atom. The highest BCUT2D eigenvalue weighted by atomic mass is 79.9. The molecule has 13 rings (SSSR count). The minimum Gasteiger partial charge on any atom is -0.474 e. The van der Waals surface area contributed by atoms with Crippen LogP contribution in [0.15, 0.2) is 124 Å². The van der Waals surface area contributed by atoms with E-state index in [0.717, 1.165) is 29.8 Å². The second kappa shape index (κ2) is 39.1. The number of carboxylic acids is 1. The predicted octanol–water partition coefficient (Wildman–Crippen LogP) is 18.6. The number of aryl methyl sites for hydroxylation is 2. The van der Waals surface area contributed by atoms with Gasteiger partial charge in [0, 0.05) is 85.1 Å².